The number of halogens is 3. The minimum Gasteiger partial charge on any atom is -0.489 e. The monoisotopic (exact) mass is 382 g/mol. The molecule has 1 atom stereocenters. The van der Waals surface area contributed by atoms with Crippen molar-refractivity contribution in [1.29, 1.82) is 0 Å². The Hall–Kier alpha value is -3.05. The highest BCUT2D eigenvalue weighted by atomic mass is 19.2. The van der Waals surface area contributed by atoms with Crippen molar-refractivity contribution in [2.75, 3.05) is 6.61 Å². The van der Waals surface area contributed by atoms with E-state index < -0.39 is 11.6 Å². The lowest BCUT2D eigenvalue weighted by Gasteiger charge is -2.10. The van der Waals surface area contributed by atoms with Crippen molar-refractivity contribution in [1.82, 2.24) is 0 Å². The number of hydrogen-bond donors (Lipinski definition) is 0. The van der Waals surface area contributed by atoms with Crippen LogP contribution < -0.4 is 4.74 Å². The van der Waals surface area contributed by atoms with Crippen molar-refractivity contribution in [3.63, 3.8) is 0 Å². The van der Waals surface area contributed by atoms with Crippen LogP contribution in [0.4, 0.5) is 13.2 Å². The molecule has 0 amide bonds. The van der Waals surface area contributed by atoms with E-state index in [0.717, 1.165) is 5.56 Å². The predicted molar refractivity (Wildman–Crippen MR) is 101 cm³/mol. The van der Waals surface area contributed by atoms with Crippen LogP contribution in [0.25, 0.3) is 17.2 Å². The highest BCUT2D eigenvalue weighted by molar-refractivity contribution is 5.65. The van der Waals surface area contributed by atoms with Gasteiger partial charge in [-0.2, -0.15) is 0 Å². The Bertz CT molecular complexity index is 1020. The fourth-order valence-electron chi connectivity index (χ4n) is 2.97. The van der Waals surface area contributed by atoms with Crippen molar-refractivity contribution in [3.05, 3.63) is 95.3 Å². The summed E-state index contributed by atoms with van der Waals surface area (Å²) < 4.78 is 52.9. The van der Waals surface area contributed by atoms with Crippen LogP contribution >= 0.6 is 0 Å². The fraction of sp³-hybridized carbons (Fsp3) is 0.130. The standard InChI is InChI=1S/C23H17F3O2/c1-2-14-3-4-17(23(26)22(14)25)12-27-18-8-5-15(6-9-18)19-10-7-16(11-20(19)24)21-13-28-21/h2-11,21H,1,12-13H2. The molecule has 0 N–H and O–H groups in total. The van der Waals surface area contributed by atoms with Crippen LogP contribution in [-0.4, -0.2) is 6.61 Å². The Morgan fingerprint density at radius 1 is 1.00 bits per heavy atom. The molecule has 3 aromatic carbocycles. The molecule has 0 radical (unpaired) electrons. The Balaban J connectivity index is 1.47. The molecule has 0 spiro atoms. The van der Waals surface area contributed by atoms with E-state index in [1.165, 1.54) is 24.3 Å². The largest absolute Gasteiger partial charge is 0.489 e. The molecule has 1 saturated heterocycles. The average molecular weight is 382 g/mol. The van der Waals surface area contributed by atoms with Crippen LogP contribution in [0, 0.1) is 17.5 Å². The number of epoxide rings is 1. The zero-order chi connectivity index (χ0) is 19.7. The molecule has 3 aromatic rings. The van der Waals surface area contributed by atoms with Gasteiger partial charge in [-0.1, -0.05) is 49.1 Å². The lowest BCUT2D eigenvalue weighted by Crippen LogP contribution is -2.02. The van der Waals surface area contributed by atoms with Gasteiger partial charge in [0.05, 0.1) is 6.61 Å². The van der Waals surface area contributed by atoms with Crippen molar-refractivity contribution in [2.24, 2.45) is 0 Å². The van der Waals surface area contributed by atoms with E-state index in [-0.39, 0.29) is 29.7 Å². The van der Waals surface area contributed by atoms with Gasteiger partial charge in [-0.15, -0.1) is 0 Å². The molecule has 1 fully saturated rings. The summed E-state index contributed by atoms with van der Waals surface area (Å²) in [6.45, 7) is 3.95. The van der Waals surface area contributed by atoms with E-state index in [1.54, 1.807) is 30.3 Å². The summed E-state index contributed by atoms with van der Waals surface area (Å²) >= 11 is 0. The Morgan fingerprint density at radius 3 is 2.39 bits per heavy atom. The summed E-state index contributed by atoms with van der Waals surface area (Å²) in [6.07, 6.45) is 1.26. The van der Waals surface area contributed by atoms with Crippen molar-refractivity contribution in [3.8, 4) is 16.9 Å². The number of ether oxygens (including phenoxy) is 2. The van der Waals surface area contributed by atoms with Crippen LogP contribution in [0.15, 0.2) is 61.2 Å². The second-order valence-electron chi connectivity index (χ2n) is 6.52. The van der Waals surface area contributed by atoms with Crippen LogP contribution in [-0.2, 0) is 11.3 Å². The molecule has 1 unspecified atom stereocenters. The van der Waals surface area contributed by atoms with E-state index in [4.69, 9.17) is 9.47 Å². The summed E-state index contributed by atoms with van der Waals surface area (Å²) in [7, 11) is 0. The summed E-state index contributed by atoms with van der Waals surface area (Å²) in [5.41, 5.74) is 2.21. The molecule has 0 aromatic heterocycles. The first-order valence-corrected chi connectivity index (χ1v) is 8.80. The number of benzene rings is 3. The molecule has 1 heterocycles. The summed E-state index contributed by atoms with van der Waals surface area (Å²) in [4.78, 5) is 0. The molecule has 1 aliphatic rings. The lowest BCUT2D eigenvalue weighted by molar-refractivity contribution is 0.297. The highest BCUT2D eigenvalue weighted by Gasteiger charge is 2.25. The maximum atomic E-state index is 14.4. The van der Waals surface area contributed by atoms with E-state index >= 15 is 0 Å². The van der Waals surface area contributed by atoms with Gasteiger partial charge < -0.3 is 9.47 Å². The van der Waals surface area contributed by atoms with Gasteiger partial charge in [0.2, 0.25) is 0 Å². The second-order valence-corrected chi connectivity index (χ2v) is 6.52. The van der Waals surface area contributed by atoms with E-state index in [2.05, 4.69) is 6.58 Å². The van der Waals surface area contributed by atoms with Crippen molar-refractivity contribution >= 4 is 6.08 Å². The molecule has 0 aliphatic carbocycles. The molecule has 5 heteroatoms. The van der Waals surface area contributed by atoms with E-state index in [9.17, 15) is 13.2 Å². The quantitative estimate of drug-likeness (QED) is 0.483. The highest BCUT2D eigenvalue weighted by Crippen LogP contribution is 2.33. The maximum Gasteiger partial charge on any atom is 0.166 e. The van der Waals surface area contributed by atoms with E-state index in [0.29, 0.717) is 23.5 Å². The van der Waals surface area contributed by atoms with Gasteiger partial charge in [0.1, 0.15) is 24.3 Å². The van der Waals surface area contributed by atoms with Crippen molar-refractivity contribution in [2.45, 2.75) is 12.7 Å². The van der Waals surface area contributed by atoms with Crippen molar-refractivity contribution < 1.29 is 22.6 Å². The van der Waals surface area contributed by atoms with Gasteiger partial charge in [0, 0.05) is 16.7 Å². The summed E-state index contributed by atoms with van der Waals surface area (Å²) in [5.74, 6) is -1.74. The molecule has 142 valence electrons. The SMILES string of the molecule is C=Cc1ccc(COc2ccc(-c3ccc(C4CO4)cc3F)cc2)c(F)c1F. The maximum absolute atomic E-state index is 14.4. The van der Waals surface area contributed by atoms with Crippen LogP contribution in [0.3, 0.4) is 0 Å². The Kier molecular flexibility index (Phi) is 4.92. The molecule has 1 aliphatic heterocycles. The van der Waals surface area contributed by atoms with Gasteiger partial charge in [0.15, 0.2) is 11.6 Å². The predicted octanol–water partition coefficient (Wildman–Crippen LogP) is 6.06. The fourth-order valence-corrected chi connectivity index (χ4v) is 2.97. The van der Waals surface area contributed by atoms with Crippen LogP contribution in [0.5, 0.6) is 5.75 Å². The molecular formula is C23H17F3O2. The first-order chi connectivity index (χ1) is 13.6. The van der Waals surface area contributed by atoms with Gasteiger partial charge >= 0.3 is 0 Å². The number of rotatable bonds is 6. The first-order valence-electron chi connectivity index (χ1n) is 8.80. The van der Waals surface area contributed by atoms with E-state index in [1.807, 2.05) is 6.07 Å². The lowest BCUT2D eigenvalue weighted by atomic mass is 10.0. The Morgan fingerprint density at radius 2 is 1.75 bits per heavy atom. The van der Waals surface area contributed by atoms with Crippen LogP contribution in [0.1, 0.15) is 22.8 Å². The van der Waals surface area contributed by atoms with Gasteiger partial charge in [-0.25, -0.2) is 13.2 Å². The first kappa shape index (κ1) is 18.3. The van der Waals surface area contributed by atoms with Gasteiger partial charge in [-0.05, 0) is 29.3 Å². The Labute approximate surface area is 160 Å². The zero-order valence-corrected chi connectivity index (χ0v) is 14.9. The third-order valence-corrected chi connectivity index (χ3v) is 4.67. The normalized spacial score (nSPS) is 15.3. The molecule has 0 saturated carbocycles. The summed E-state index contributed by atoms with van der Waals surface area (Å²) in [6, 6.07) is 14.8. The topological polar surface area (TPSA) is 21.8 Å². The zero-order valence-electron chi connectivity index (χ0n) is 14.9. The molecule has 0 bridgehead atoms. The minimum atomic E-state index is -0.948. The molecule has 4 rings (SSSR count). The number of hydrogen-bond acceptors (Lipinski definition) is 2. The minimum absolute atomic E-state index is 0.00473. The third-order valence-electron chi connectivity index (χ3n) is 4.67. The smallest absolute Gasteiger partial charge is 0.166 e. The van der Waals surface area contributed by atoms with Crippen LogP contribution in [0.2, 0.25) is 0 Å². The third kappa shape index (κ3) is 3.66. The molecular weight excluding hydrogens is 365 g/mol. The average Bonchev–Trinajstić information content (AvgIpc) is 3.55. The molecule has 28 heavy (non-hydrogen) atoms. The molecule has 2 nitrogen and oxygen atoms in total. The van der Waals surface area contributed by atoms with Gasteiger partial charge in [0.25, 0.3) is 0 Å². The second kappa shape index (κ2) is 7.52. The van der Waals surface area contributed by atoms with Gasteiger partial charge in [-0.3, -0.25) is 0 Å². The summed E-state index contributed by atoms with van der Waals surface area (Å²) in [5, 5.41) is 0.